The van der Waals surface area contributed by atoms with Gasteiger partial charge >= 0.3 is 6.03 Å². The topological polar surface area (TPSA) is 91.9 Å². The molecule has 0 aliphatic rings. The van der Waals surface area contributed by atoms with E-state index in [1.165, 1.54) is 4.88 Å². The molecule has 0 spiro atoms. The number of benzene rings is 1. The number of hydrogen-bond acceptors (Lipinski definition) is 5. The van der Waals surface area contributed by atoms with Gasteiger partial charge in [-0.05, 0) is 39.0 Å². The largest absolute Gasteiger partial charge is 0.493 e. The molecular weight excluding hydrogens is 338 g/mol. The first kappa shape index (κ1) is 17.2. The highest BCUT2D eigenvalue weighted by Crippen LogP contribution is 2.25. The molecule has 0 aliphatic carbocycles. The maximum absolute atomic E-state index is 11.9. The molecular formula is C17H21N5O2S. The predicted molar refractivity (Wildman–Crippen MR) is 99.4 cm³/mol. The minimum absolute atomic E-state index is 0.0549. The molecule has 1 aromatic carbocycles. The van der Waals surface area contributed by atoms with Crippen molar-refractivity contribution < 1.29 is 9.53 Å². The van der Waals surface area contributed by atoms with Crippen molar-refractivity contribution in [3.8, 4) is 5.75 Å². The molecule has 132 valence electrons. The van der Waals surface area contributed by atoms with Crippen LogP contribution in [0.15, 0.2) is 23.7 Å². The van der Waals surface area contributed by atoms with E-state index < -0.39 is 0 Å². The second-order valence-corrected chi connectivity index (χ2v) is 6.93. The fourth-order valence-electron chi connectivity index (χ4n) is 2.41. The van der Waals surface area contributed by atoms with Crippen molar-refractivity contribution in [1.82, 2.24) is 20.5 Å². The van der Waals surface area contributed by atoms with E-state index in [0.29, 0.717) is 12.4 Å². The van der Waals surface area contributed by atoms with Gasteiger partial charge in [0, 0.05) is 22.7 Å². The average Bonchev–Trinajstić information content (AvgIpc) is 3.13. The van der Waals surface area contributed by atoms with E-state index >= 15 is 0 Å². The van der Waals surface area contributed by atoms with Crippen LogP contribution in [0.25, 0.3) is 10.9 Å². The Kier molecular flexibility index (Phi) is 5.18. The minimum Gasteiger partial charge on any atom is -0.493 e. The lowest BCUT2D eigenvalue weighted by Gasteiger charge is -2.09. The number of aromatic nitrogens is 3. The van der Waals surface area contributed by atoms with Crippen molar-refractivity contribution in [3.63, 3.8) is 0 Å². The lowest BCUT2D eigenvalue weighted by atomic mass is 10.2. The Labute approximate surface area is 149 Å². The van der Waals surface area contributed by atoms with Gasteiger partial charge in [0.05, 0.1) is 23.3 Å². The molecule has 2 amide bonds. The van der Waals surface area contributed by atoms with Crippen molar-refractivity contribution in [2.24, 2.45) is 0 Å². The third kappa shape index (κ3) is 4.27. The summed E-state index contributed by atoms with van der Waals surface area (Å²) < 4.78 is 5.85. The van der Waals surface area contributed by atoms with Gasteiger partial charge in [-0.3, -0.25) is 10.4 Å². The van der Waals surface area contributed by atoms with Crippen LogP contribution < -0.4 is 15.4 Å². The van der Waals surface area contributed by atoms with E-state index in [1.54, 1.807) is 11.3 Å². The van der Waals surface area contributed by atoms with E-state index in [9.17, 15) is 4.79 Å². The number of H-pyrrole nitrogens is 1. The monoisotopic (exact) mass is 359 g/mol. The second kappa shape index (κ2) is 7.52. The van der Waals surface area contributed by atoms with Gasteiger partial charge in [0.15, 0.2) is 5.82 Å². The number of nitrogens with one attached hydrogen (secondary N) is 3. The van der Waals surface area contributed by atoms with Crippen molar-refractivity contribution in [3.05, 3.63) is 34.3 Å². The Balaban J connectivity index is 1.67. The molecule has 0 atom stereocenters. The van der Waals surface area contributed by atoms with Crippen LogP contribution in [0.4, 0.5) is 10.6 Å². The number of aromatic amines is 1. The Hall–Kier alpha value is -2.61. The van der Waals surface area contributed by atoms with Crippen LogP contribution in [0.5, 0.6) is 5.75 Å². The molecule has 7 nitrogen and oxygen atoms in total. The number of thiazole rings is 1. The predicted octanol–water partition coefficient (Wildman–Crippen LogP) is 3.48. The molecule has 3 N–H and O–H groups in total. The Morgan fingerprint density at radius 3 is 2.96 bits per heavy atom. The molecule has 0 saturated heterocycles. The maximum Gasteiger partial charge on any atom is 0.320 e. The third-order valence-electron chi connectivity index (χ3n) is 3.63. The number of rotatable bonds is 6. The molecule has 8 heteroatoms. The lowest BCUT2D eigenvalue weighted by molar-refractivity contribution is 0.250. The molecule has 0 radical (unpaired) electrons. The summed E-state index contributed by atoms with van der Waals surface area (Å²) in [5.74, 6) is 1.22. The number of hydrogen-bond donors (Lipinski definition) is 3. The van der Waals surface area contributed by atoms with E-state index in [2.05, 4.69) is 25.8 Å². The van der Waals surface area contributed by atoms with Crippen LogP contribution in [0, 0.1) is 6.92 Å². The fourth-order valence-corrected chi connectivity index (χ4v) is 3.17. The number of urea groups is 1. The number of carbonyl (C=O) groups excluding carboxylic acids is 1. The molecule has 0 aliphatic heterocycles. The normalized spacial score (nSPS) is 11.0. The van der Waals surface area contributed by atoms with Gasteiger partial charge in [-0.2, -0.15) is 5.10 Å². The van der Waals surface area contributed by atoms with E-state index in [1.807, 2.05) is 44.5 Å². The van der Waals surface area contributed by atoms with Crippen molar-refractivity contribution in [2.75, 3.05) is 11.9 Å². The van der Waals surface area contributed by atoms with Crippen LogP contribution in [0.2, 0.25) is 0 Å². The van der Waals surface area contributed by atoms with Gasteiger partial charge in [-0.1, -0.05) is 0 Å². The Morgan fingerprint density at radius 1 is 1.40 bits per heavy atom. The molecule has 25 heavy (non-hydrogen) atoms. The van der Waals surface area contributed by atoms with E-state index in [-0.39, 0.29) is 12.1 Å². The number of fused-ring (bicyclic) bond motifs is 1. The average molecular weight is 359 g/mol. The molecule has 2 heterocycles. The number of ether oxygens (including phenoxy) is 1. The lowest BCUT2D eigenvalue weighted by Crippen LogP contribution is -2.34. The van der Waals surface area contributed by atoms with Gasteiger partial charge in [-0.15, -0.1) is 11.3 Å². The van der Waals surface area contributed by atoms with Gasteiger partial charge < -0.3 is 10.1 Å². The highest BCUT2D eigenvalue weighted by atomic mass is 32.1. The Bertz CT molecular complexity index is 871. The molecule has 2 aromatic heterocycles. The van der Waals surface area contributed by atoms with Crippen LogP contribution in [0.3, 0.4) is 0 Å². The van der Waals surface area contributed by atoms with E-state index in [0.717, 1.165) is 28.8 Å². The number of amides is 2. The van der Waals surface area contributed by atoms with Crippen LogP contribution >= 0.6 is 11.3 Å². The summed E-state index contributed by atoms with van der Waals surface area (Å²) in [5.41, 5.74) is 3.74. The molecule has 0 bridgehead atoms. The summed E-state index contributed by atoms with van der Waals surface area (Å²) in [6.45, 7) is 6.38. The number of anilines is 1. The first-order chi connectivity index (χ1) is 12.0. The van der Waals surface area contributed by atoms with Crippen molar-refractivity contribution in [2.45, 2.75) is 33.2 Å². The zero-order valence-corrected chi connectivity index (χ0v) is 15.2. The van der Waals surface area contributed by atoms with Gasteiger partial charge in [-0.25, -0.2) is 9.78 Å². The summed E-state index contributed by atoms with van der Waals surface area (Å²) in [4.78, 5) is 17.3. The standard InChI is InChI=1S/C17H21N5O2S/c1-10(2)19-17(23)20-16-13-8-12(4-5-14(13)21-22-16)24-7-6-15-11(3)18-9-25-15/h4-5,8-10H,6-7H2,1-3H3,(H3,19,20,21,22,23). The summed E-state index contributed by atoms with van der Waals surface area (Å²) in [6.07, 6.45) is 0.821. The number of aryl methyl sites for hydroxylation is 1. The fraction of sp³-hybridized carbons (Fsp3) is 0.353. The van der Waals surface area contributed by atoms with Gasteiger partial charge in [0.2, 0.25) is 0 Å². The number of nitrogens with zero attached hydrogens (tertiary/aromatic N) is 2. The Morgan fingerprint density at radius 2 is 2.24 bits per heavy atom. The SMILES string of the molecule is Cc1ncsc1CCOc1ccc2[nH]nc(NC(=O)NC(C)C)c2c1. The zero-order valence-electron chi connectivity index (χ0n) is 14.4. The van der Waals surface area contributed by atoms with Crippen molar-refractivity contribution in [1.29, 1.82) is 0 Å². The highest BCUT2D eigenvalue weighted by molar-refractivity contribution is 7.09. The van der Waals surface area contributed by atoms with Crippen LogP contribution in [0.1, 0.15) is 24.4 Å². The first-order valence-corrected chi connectivity index (χ1v) is 8.98. The van der Waals surface area contributed by atoms with Crippen LogP contribution in [-0.4, -0.2) is 33.9 Å². The zero-order chi connectivity index (χ0) is 17.8. The summed E-state index contributed by atoms with van der Waals surface area (Å²) in [7, 11) is 0. The van der Waals surface area contributed by atoms with Gasteiger partial charge in [0.1, 0.15) is 5.75 Å². The smallest absolute Gasteiger partial charge is 0.320 e. The molecule has 0 saturated carbocycles. The van der Waals surface area contributed by atoms with Crippen LogP contribution in [-0.2, 0) is 6.42 Å². The second-order valence-electron chi connectivity index (χ2n) is 5.99. The first-order valence-electron chi connectivity index (χ1n) is 8.10. The minimum atomic E-state index is -0.282. The summed E-state index contributed by atoms with van der Waals surface area (Å²) in [6, 6.07) is 5.43. The molecule has 3 rings (SSSR count). The maximum atomic E-state index is 11.9. The molecule has 0 unspecified atom stereocenters. The molecule has 3 aromatic rings. The third-order valence-corrected chi connectivity index (χ3v) is 4.62. The highest BCUT2D eigenvalue weighted by Gasteiger charge is 2.11. The van der Waals surface area contributed by atoms with Gasteiger partial charge in [0.25, 0.3) is 0 Å². The molecule has 0 fully saturated rings. The van der Waals surface area contributed by atoms with E-state index in [4.69, 9.17) is 4.74 Å². The quantitative estimate of drug-likeness (QED) is 0.628. The van der Waals surface area contributed by atoms with Crippen molar-refractivity contribution >= 4 is 34.1 Å². The summed E-state index contributed by atoms with van der Waals surface area (Å²) in [5, 5.41) is 13.4. The summed E-state index contributed by atoms with van der Waals surface area (Å²) >= 11 is 1.64. The number of carbonyl (C=O) groups is 1.